The molecule has 4 aromatic rings. The topological polar surface area (TPSA) is 50.7 Å². The third kappa shape index (κ3) is 3.48. The van der Waals surface area contributed by atoms with Crippen LogP contribution >= 0.6 is 11.3 Å². The minimum atomic E-state index is -0.0725. The quantitative estimate of drug-likeness (QED) is 0.458. The molecular formula is C25H20N2O2S. The molecule has 0 radical (unpaired) electrons. The zero-order valence-corrected chi connectivity index (χ0v) is 17.3. The summed E-state index contributed by atoms with van der Waals surface area (Å²) >= 11 is 1.77. The van der Waals surface area contributed by atoms with Crippen LogP contribution in [0.2, 0.25) is 0 Å². The molecule has 0 unspecified atom stereocenters. The average molecular weight is 413 g/mol. The van der Waals surface area contributed by atoms with Gasteiger partial charge in [-0.1, -0.05) is 36.4 Å². The fourth-order valence-corrected chi connectivity index (χ4v) is 4.96. The lowest BCUT2D eigenvalue weighted by molar-refractivity contribution is -0.115. The van der Waals surface area contributed by atoms with Gasteiger partial charge in [-0.05, 0) is 46.8 Å². The van der Waals surface area contributed by atoms with Gasteiger partial charge in [0.25, 0.3) is 0 Å². The SMILES string of the molecule is COc1ccccc1CC(=O)Nc1cc2c(c(-c3cc4ccccc4s3)c1)CN=C2. The van der Waals surface area contributed by atoms with Crippen LogP contribution in [0.3, 0.4) is 0 Å². The number of amides is 1. The molecule has 1 N–H and O–H groups in total. The number of anilines is 1. The van der Waals surface area contributed by atoms with E-state index >= 15 is 0 Å². The van der Waals surface area contributed by atoms with E-state index in [1.807, 2.05) is 36.5 Å². The molecule has 3 aromatic carbocycles. The highest BCUT2D eigenvalue weighted by atomic mass is 32.1. The van der Waals surface area contributed by atoms with E-state index in [1.54, 1.807) is 18.4 Å². The van der Waals surface area contributed by atoms with E-state index in [2.05, 4.69) is 46.7 Å². The first-order valence-corrected chi connectivity index (χ1v) is 10.6. The second kappa shape index (κ2) is 7.76. The lowest BCUT2D eigenvalue weighted by Gasteiger charge is -2.12. The predicted molar refractivity (Wildman–Crippen MR) is 124 cm³/mol. The molecular weight excluding hydrogens is 392 g/mol. The Morgan fingerprint density at radius 1 is 1.10 bits per heavy atom. The van der Waals surface area contributed by atoms with Crippen molar-refractivity contribution in [3.8, 4) is 16.2 Å². The maximum Gasteiger partial charge on any atom is 0.228 e. The summed E-state index contributed by atoms with van der Waals surface area (Å²) in [5, 5.41) is 4.30. The third-order valence-electron chi connectivity index (χ3n) is 5.28. The van der Waals surface area contributed by atoms with E-state index in [0.717, 1.165) is 28.1 Å². The second-order valence-corrected chi connectivity index (χ2v) is 8.33. The molecule has 4 nitrogen and oxygen atoms in total. The number of thiophene rings is 1. The van der Waals surface area contributed by atoms with E-state index in [1.165, 1.54) is 20.5 Å². The van der Waals surface area contributed by atoms with Gasteiger partial charge >= 0.3 is 0 Å². The molecule has 0 saturated heterocycles. The first-order chi connectivity index (χ1) is 14.7. The van der Waals surface area contributed by atoms with Crippen molar-refractivity contribution in [3.63, 3.8) is 0 Å². The molecule has 148 valence electrons. The summed E-state index contributed by atoms with van der Waals surface area (Å²) in [6.07, 6.45) is 2.15. The van der Waals surface area contributed by atoms with Gasteiger partial charge in [0.2, 0.25) is 5.91 Å². The Bertz CT molecular complexity index is 1260. The van der Waals surface area contributed by atoms with Crippen LogP contribution in [0.1, 0.15) is 16.7 Å². The number of carbonyl (C=O) groups excluding carboxylic acids is 1. The molecule has 30 heavy (non-hydrogen) atoms. The number of carbonyl (C=O) groups is 1. The zero-order valence-electron chi connectivity index (χ0n) is 16.5. The van der Waals surface area contributed by atoms with Crippen LogP contribution in [-0.4, -0.2) is 19.2 Å². The van der Waals surface area contributed by atoms with Crippen LogP contribution in [-0.2, 0) is 17.8 Å². The number of hydrogen-bond acceptors (Lipinski definition) is 4. The van der Waals surface area contributed by atoms with Crippen molar-refractivity contribution >= 4 is 39.2 Å². The van der Waals surface area contributed by atoms with E-state index in [0.29, 0.717) is 6.54 Å². The molecule has 0 aliphatic carbocycles. The lowest BCUT2D eigenvalue weighted by Crippen LogP contribution is -2.15. The van der Waals surface area contributed by atoms with Gasteiger partial charge in [-0.2, -0.15) is 0 Å². The number of fused-ring (bicyclic) bond motifs is 2. The Labute approximate surface area is 178 Å². The van der Waals surface area contributed by atoms with Gasteiger partial charge in [0.05, 0.1) is 20.1 Å². The Kier molecular flexibility index (Phi) is 4.81. The summed E-state index contributed by atoms with van der Waals surface area (Å²) in [6, 6.07) is 22.3. The molecule has 0 spiro atoms. The van der Waals surface area contributed by atoms with Crippen LogP contribution in [0.5, 0.6) is 5.75 Å². The maximum absolute atomic E-state index is 12.7. The minimum absolute atomic E-state index is 0.0725. The van der Waals surface area contributed by atoms with Gasteiger partial charge in [-0.3, -0.25) is 9.79 Å². The van der Waals surface area contributed by atoms with Crippen LogP contribution < -0.4 is 10.1 Å². The summed E-state index contributed by atoms with van der Waals surface area (Å²) in [7, 11) is 1.62. The Morgan fingerprint density at radius 3 is 2.80 bits per heavy atom. The van der Waals surface area contributed by atoms with Crippen molar-refractivity contribution < 1.29 is 9.53 Å². The summed E-state index contributed by atoms with van der Waals surface area (Å²) in [4.78, 5) is 18.4. The number of benzene rings is 3. The number of methoxy groups -OCH3 is 1. The third-order valence-corrected chi connectivity index (χ3v) is 6.43. The normalized spacial score (nSPS) is 12.2. The molecule has 0 bridgehead atoms. The molecule has 0 atom stereocenters. The predicted octanol–water partition coefficient (Wildman–Crippen LogP) is 5.69. The summed E-state index contributed by atoms with van der Waals surface area (Å²) < 4.78 is 6.62. The van der Waals surface area contributed by atoms with Crippen LogP contribution in [0.25, 0.3) is 20.5 Å². The highest BCUT2D eigenvalue weighted by Crippen LogP contribution is 2.39. The number of nitrogens with one attached hydrogen (secondary N) is 1. The van der Waals surface area contributed by atoms with Crippen LogP contribution in [0, 0.1) is 0 Å². The van der Waals surface area contributed by atoms with Crippen molar-refractivity contribution in [1.82, 2.24) is 0 Å². The molecule has 0 fully saturated rings. The van der Waals surface area contributed by atoms with E-state index < -0.39 is 0 Å². The molecule has 1 aliphatic heterocycles. The summed E-state index contributed by atoms with van der Waals surface area (Å²) in [5.41, 5.74) is 5.07. The Morgan fingerprint density at radius 2 is 1.93 bits per heavy atom. The molecule has 5 heteroatoms. The van der Waals surface area contributed by atoms with Gasteiger partial charge in [0.1, 0.15) is 5.75 Å². The second-order valence-electron chi connectivity index (χ2n) is 7.25. The van der Waals surface area contributed by atoms with Crippen molar-refractivity contribution in [2.75, 3.05) is 12.4 Å². The van der Waals surface area contributed by atoms with Crippen LogP contribution in [0.4, 0.5) is 5.69 Å². The van der Waals surface area contributed by atoms with Crippen molar-refractivity contribution in [2.45, 2.75) is 13.0 Å². The Hall–Kier alpha value is -3.44. The molecule has 1 aromatic heterocycles. The first kappa shape index (κ1) is 18.6. The number of aliphatic imine (C=N–C) groups is 1. The number of para-hydroxylation sites is 1. The van der Waals surface area contributed by atoms with Gasteiger partial charge < -0.3 is 10.1 Å². The van der Waals surface area contributed by atoms with Gasteiger partial charge in [0, 0.05) is 32.6 Å². The maximum atomic E-state index is 12.7. The standard InChI is InChI=1S/C25H20N2O2S/c1-29-22-8-4-2-6-16(22)12-25(28)27-19-10-18-14-26-15-21(18)20(13-19)24-11-17-7-3-5-9-23(17)30-24/h2-11,13-14H,12,15H2,1H3,(H,27,28). The zero-order chi connectivity index (χ0) is 20.5. The molecule has 0 saturated carbocycles. The van der Waals surface area contributed by atoms with Crippen molar-refractivity contribution in [1.29, 1.82) is 0 Å². The van der Waals surface area contributed by atoms with Gasteiger partial charge in [-0.25, -0.2) is 0 Å². The highest BCUT2D eigenvalue weighted by molar-refractivity contribution is 7.22. The van der Waals surface area contributed by atoms with E-state index in [4.69, 9.17) is 4.74 Å². The highest BCUT2D eigenvalue weighted by Gasteiger charge is 2.18. The molecule has 1 amide bonds. The summed E-state index contributed by atoms with van der Waals surface area (Å²) in [6.45, 7) is 0.675. The molecule has 1 aliphatic rings. The number of ether oxygens (including phenoxy) is 1. The molecule has 2 heterocycles. The average Bonchev–Trinajstić information content (AvgIpc) is 3.40. The minimum Gasteiger partial charge on any atom is -0.496 e. The number of hydrogen-bond donors (Lipinski definition) is 1. The Balaban J connectivity index is 1.47. The van der Waals surface area contributed by atoms with E-state index in [9.17, 15) is 4.79 Å². The smallest absolute Gasteiger partial charge is 0.228 e. The summed E-state index contributed by atoms with van der Waals surface area (Å²) in [5.74, 6) is 0.649. The number of rotatable bonds is 5. The van der Waals surface area contributed by atoms with Crippen LogP contribution in [0.15, 0.2) is 71.7 Å². The largest absolute Gasteiger partial charge is 0.496 e. The monoisotopic (exact) mass is 412 g/mol. The van der Waals surface area contributed by atoms with E-state index in [-0.39, 0.29) is 12.3 Å². The van der Waals surface area contributed by atoms with Gasteiger partial charge in [-0.15, -0.1) is 11.3 Å². The van der Waals surface area contributed by atoms with Crippen molar-refractivity contribution in [2.24, 2.45) is 4.99 Å². The molecule has 5 rings (SSSR count). The van der Waals surface area contributed by atoms with Gasteiger partial charge in [0.15, 0.2) is 0 Å². The van der Waals surface area contributed by atoms with Crippen molar-refractivity contribution in [3.05, 3.63) is 83.4 Å². The fraction of sp³-hybridized carbons (Fsp3) is 0.120. The first-order valence-electron chi connectivity index (χ1n) is 9.79. The fourth-order valence-electron chi connectivity index (χ4n) is 3.86. The lowest BCUT2D eigenvalue weighted by atomic mass is 10.00. The number of nitrogens with zero attached hydrogens (tertiary/aromatic N) is 1.